The molecule has 0 aliphatic carbocycles. The molecule has 0 amide bonds. The van der Waals surface area contributed by atoms with E-state index in [4.69, 9.17) is 0 Å². The van der Waals surface area contributed by atoms with Crippen LogP contribution in [0.15, 0.2) is 36.5 Å². The molecular formula is C15H20FN3. The fourth-order valence-electron chi connectivity index (χ4n) is 1.99. The Morgan fingerprint density at radius 1 is 1.21 bits per heavy atom. The van der Waals surface area contributed by atoms with Crippen molar-refractivity contribution >= 4 is 0 Å². The van der Waals surface area contributed by atoms with Crippen LogP contribution in [0.2, 0.25) is 0 Å². The predicted octanol–water partition coefficient (Wildman–Crippen LogP) is 3.28. The second-order valence-corrected chi connectivity index (χ2v) is 4.75. The highest BCUT2D eigenvalue weighted by Gasteiger charge is 2.07. The molecular weight excluding hydrogens is 241 g/mol. The van der Waals surface area contributed by atoms with Crippen LogP contribution >= 0.6 is 0 Å². The summed E-state index contributed by atoms with van der Waals surface area (Å²) in [7, 11) is 0. The van der Waals surface area contributed by atoms with Gasteiger partial charge in [-0.1, -0.05) is 19.1 Å². The molecule has 0 fully saturated rings. The lowest BCUT2D eigenvalue weighted by atomic mass is 10.2. The van der Waals surface area contributed by atoms with Crippen molar-refractivity contribution in [3.63, 3.8) is 0 Å². The smallest absolute Gasteiger partial charge is 0.123 e. The van der Waals surface area contributed by atoms with E-state index in [-0.39, 0.29) is 5.82 Å². The SMILES string of the molecule is CC[C@H](C)n1nccc1CNCc1ccc(F)cc1. The summed E-state index contributed by atoms with van der Waals surface area (Å²) in [6.45, 7) is 5.81. The van der Waals surface area contributed by atoms with Crippen molar-refractivity contribution in [3.8, 4) is 0 Å². The largest absolute Gasteiger partial charge is 0.307 e. The summed E-state index contributed by atoms with van der Waals surface area (Å²) in [5, 5.41) is 7.71. The fraction of sp³-hybridized carbons (Fsp3) is 0.400. The van der Waals surface area contributed by atoms with E-state index in [2.05, 4.69) is 28.9 Å². The normalized spacial score (nSPS) is 12.6. The summed E-state index contributed by atoms with van der Waals surface area (Å²) in [6.07, 6.45) is 2.90. The van der Waals surface area contributed by atoms with Crippen LogP contribution in [0.4, 0.5) is 4.39 Å². The standard InChI is InChI=1S/C15H20FN3/c1-3-12(2)19-15(8-9-18-19)11-17-10-13-4-6-14(16)7-5-13/h4-9,12,17H,3,10-11H2,1-2H3/t12-/m0/s1. The monoisotopic (exact) mass is 261 g/mol. The van der Waals surface area contributed by atoms with Crippen molar-refractivity contribution in [2.45, 2.75) is 39.4 Å². The van der Waals surface area contributed by atoms with Crippen LogP contribution in [0.25, 0.3) is 0 Å². The minimum atomic E-state index is -0.196. The Kier molecular flexibility index (Phi) is 4.68. The molecule has 1 atom stereocenters. The molecule has 0 spiro atoms. The third-order valence-electron chi connectivity index (χ3n) is 3.31. The number of aromatic nitrogens is 2. The number of benzene rings is 1. The molecule has 0 aliphatic heterocycles. The molecule has 2 aromatic rings. The summed E-state index contributed by atoms with van der Waals surface area (Å²) < 4.78 is 14.8. The molecule has 0 saturated heterocycles. The van der Waals surface area contributed by atoms with Crippen LogP contribution in [0.1, 0.15) is 37.6 Å². The van der Waals surface area contributed by atoms with Crippen molar-refractivity contribution in [2.75, 3.05) is 0 Å². The Labute approximate surface area is 113 Å². The minimum Gasteiger partial charge on any atom is -0.307 e. The fourth-order valence-corrected chi connectivity index (χ4v) is 1.99. The van der Waals surface area contributed by atoms with Gasteiger partial charge >= 0.3 is 0 Å². The van der Waals surface area contributed by atoms with Gasteiger partial charge in [-0.3, -0.25) is 4.68 Å². The minimum absolute atomic E-state index is 0.196. The van der Waals surface area contributed by atoms with Gasteiger partial charge in [0, 0.05) is 25.3 Å². The first-order valence-electron chi connectivity index (χ1n) is 6.68. The van der Waals surface area contributed by atoms with Crippen LogP contribution in [-0.4, -0.2) is 9.78 Å². The molecule has 4 heteroatoms. The van der Waals surface area contributed by atoms with Crippen molar-refractivity contribution < 1.29 is 4.39 Å². The predicted molar refractivity (Wildman–Crippen MR) is 74.2 cm³/mol. The summed E-state index contributed by atoms with van der Waals surface area (Å²) in [6, 6.07) is 9.02. The first-order valence-corrected chi connectivity index (χ1v) is 6.68. The van der Waals surface area contributed by atoms with Crippen molar-refractivity contribution in [1.29, 1.82) is 0 Å². The molecule has 1 heterocycles. The van der Waals surface area contributed by atoms with Gasteiger partial charge in [0.2, 0.25) is 0 Å². The van der Waals surface area contributed by atoms with E-state index >= 15 is 0 Å². The number of hydrogen-bond acceptors (Lipinski definition) is 2. The van der Waals surface area contributed by atoms with E-state index in [0.717, 1.165) is 25.1 Å². The third-order valence-corrected chi connectivity index (χ3v) is 3.31. The molecule has 0 saturated carbocycles. The van der Waals surface area contributed by atoms with Gasteiger partial charge in [0.05, 0.1) is 5.69 Å². The van der Waals surface area contributed by atoms with Gasteiger partial charge in [0.15, 0.2) is 0 Å². The number of nitrogens with one attached hydrogen (secondary N) is 1. The van der Waals surface area contributed by atoms with Gasteiger partial charge in [-0.15, -0.1) is 0 Å². The number of rotatable bonds is 6. The van der Waals surface area contributed by atoms with Gasteiger partial charge in [0.1, 0.15) is 5.82 Å². The zero-order valence-corrected chi connectivity index (χ0v) is 11.4. The van der Waals surface area contributed by atoms with Crippen molar-refractivity contribution in [3.05, 3.63) is 53.6 Å². The van der Waals surface area contributed by atoms with Crippen LogP contribution in [-0.2, 0) is 13.1 Å². The second-order valence-electron chi connectivity index (χ2n) is 4.75. The van der Waals surface area contributed by atoms with E-state index in [1.54, 1.807) is 12.1 Å². The van der Waals surface area contributed by atoms with Gasteiger partial charge < -0.3 is 5.32 Å². The Morgan fingerprint density at radius 2 is 1.95 bits per heavy atom. The van der Waals surface area contributed by atoms with E-state index in [1.807, 2.05) is 12.3 Å². The molecule has 102 valence electrons. The first kappa shape index (κ1) is 13.7. The molecule has 0 radical (unpaired) electrons. The second kappa shape index (κ2) is 6.48. The average Bonchev–Trinajstić information content (AvgIpc) is 2.88. The maximum Gasteiger partial charge on any atom is 0.123 e. The van der Waals surface area contributed by atoms with Crippen LogP contribution < -0.4 is 5.32 Å². The average molecular weight is 261 g/mol. The Hall–Kier alpha value is -1.68. The van der Waals surface area contributed by atoms with Gasteiger partial charge in [0.25, 0.3) is 0 Å². The van der Waals surface area contributed by atoms with E-state index in [0.29, 0.717) is 6.04 Å². The molecule has 3 nitrogen and oxygen atoms in total. The van der Waals surface area contributed by atoms with Crippen molar-refractivity contribution in [1.82, 2.24) is 15.1 Å². The van der Waals surface area contributed by atoms with Gasteiger partial charge in [-0.05, 0) is 37.1 Å². The summed E-state index contributed by atoms with van der Waals surface area (Å²) >= 11 is 0. The molecule has 2 rings (SSSR count). The topological polar surface area (TPSA) is 29.9 Å². The lowest BCUT2D eigenvalue weighted by Gasteiger charge is -2.14. The zero-order valence-electron chi connectivity index (χ0n) is 11.4. The number of halogens is 1. The Balaban J connectivity index is 1.89. The molecule has 1 N–H and O–H groups in total. The molecule has 0 bridgehead atoms. The zero-order chi connectivity index (χ0) is 13.7. The number of nitrogens with zero attached hydrogens (tertiary/aromatic N) is 2. The highest BCUT2D eigenvalue weighted by atomic mass is 19.1. The Morgan fingerprint density at radius 3 is 2.63 bits per heavy atom. The van der Waals surface area contributed by atoms with Crippen molar-refractivity contribution in [2.24, 2.45) is 0 Å². The maximum atomic E-state index is 12.8. The lowest BCUT2D eigenvalue weighted by molar-refractivity contribution is 0.451. The summed E-state index contributed by atoms with van der Waals surface area (Å²) in [5.74, 6) is -0.196. The molecule has 1 aromatic heterocycles. The van der Waals surface area contributed by atoms with E-state index < -0.39 is 0 Å². The first-order chi connectivity index (χ1) is 9.20. The van der Waals surface area contributed by atoms with Crippen LogP contribution in [0.5, 0.6) is 0 Å². The highest BCUT2D eigenvalue weighted by molar-refractivity contribution is 5.15. The van der Waals surface area contributed by atoms with Crippen LogP contribution in [0, 0.1) is 5.82 Å². The maximum absolute atomic E-state index is 12.8. The molecule has 1 aromatic carbocycles. The molecule has 0 aliphatic rings. The number of hydrogen-bond donors (Lipinski definition) is 1. The third kappa shape index (κ3) is 3.64. The highest BCUT2D eigenvalue weighted by Crippen LogP contribution is 2.12. The summed E-state index contributed by atoms with van der Waals surface area (Å²) in [4.78, 5) is 0. The van der Waals surface area contributed by atoms with Gasteiger partial charge in [-0.25, -0.2) is 4.39 Å². The Bertz CT molecular complexity index is 504. The molecule has 0 unspecified atom stereocenters. The van der Waals surface area contributed by atoms with Gasteiger partial charge in [-0.2, -0.15) is 5.10 Å². The lowest BCUT2D eigenvalue weighted by Crippen LogP contribution is -2.18. The van der Waals surface area contributed by atoms with E-state index in [1.165, 1.54) is 17.8 Å². The van der Waals surface area contributed by atoms with E-state index in [9.17, 15) is 4.39 Å². The molecule has 19 heavy (non-hydrogen) atoms. The quantitative estimate of drug-likeness (QED) is 0.864. The van der Waals surface area contributed by atoms with Crippen LogP contribution in [0.3, 0.4) is 0 Å². The summed E-state index contributed by atoms with van der Waals surface area (Å²) in [5.41, 5.74) is 2.26.